The molecule has 0 amide bonds. The van der Waals surface area contributed by atoms with Crippen LogP contribution in [0.15, 0.2) is 24.3 Å². The van der Waals surface area contributed by atoms with Crippen LogP contribution in [0.2, 0.25) is 0 Å². The third kappa shape index (κ3) is 4.66. The molecule has 1 aliphatic heterocycles. The molecule has 1 saturated heterocycles. The Morgan fingerprint density at radius 3 is 2.55 bits per heavy atom. The van der Waals surface area contributed by atoms with Gasteiger partial charge in [0.05, 0.1) is 5.69 Å². The quantitative estimate of drug-likeness (QED) is 0.762. The zero-order valence-corrected chi connectivity index (χ0v) is 12.5. The SMILES string of the molecule is CCN1CCC(Nc2cccc(NS(N)(=O)=O)c2)CC1. The molecular formula is C13H22N4O2S. The second-order valence-corrected chi connectivity index (χ2v) is 6.37. The molecule has 0 aliphatic carbocycles. The number of hydrogen-bond acceptors (Lipinski definition) is 4. The molecule has 112 valence electrons. The van der Waals surface area contributed by atoms with Crippen LogP contribution >= 0.6 is 0 Å². The lowest BCUT2D eigenvalue weighted by Gasteiger charge is -2.32. The lowest BCUT2D eigenvalue weighted by atomic mass is 10.0. The number of hydrogen-bond donors (Lipinski definition) is 3. The summed E-state index contributed by atoms with van der Waals surface area (Å²) in [5.41, 5.74) is 1.39. The van der Waals surface area contributed by atoms with Gasteiger partial charge in [-0.15, -0.1) is 0 Å². The van der Waals surface area contributed by atoms with Crippen LogP contribution in [-0.4, -0.2) is 39.0 Å². The maximum atomic E-state index is 11.0. The summed E-state index contributed by atoms with van der Waals surface area (Å²) in [4.78, 5) is 2.43. The van der Waals surface area contributed by atoms with Gasteiger partial charge in [-0.05, 0) is 37.6 Å². The van der Waals surface area contributed by atoms with Crippen molar-refractivity contribution in [1.29, 1.82) is 0 Å². The van der Waals surface area contributed by atoms with Gasteiger partial charge < -0.3 is 10.2 Å². The number of piperidine rings is 1. The summed E-state index contributed by atoms with van der Waals surface area (Å²) in [6.07, 6.45) is 2.20. The average molecular weight is 298 g/mol. The number of nitrogens with zero attached hydrogens (tertiary/aromatic N) is 1. The maximum Gasteiger partial charge on any atom is 0.296 e. The van der Waals surface area contributed by atoms with Gasteiger partial charge in [-0.1, -0.05) is 13.0 Å². The van der Waals surface area contributed by atoms with Crippen LogP contribution < -0.4 is 15.2 Å². The first kappa shape index (κ1) is 15.1. The van der Waals surface area contributed by atoms with Crippen LogP contribution in [0.4, 0.5) is 11.4 Å². The van der Waals surface area contributed by atoms with E-state index in [1.807, 2.05) is 6.07 Å². The van der Waals surface area contributed by atoms with E-state index in [1.165, 1.54) is 0 Å². The van der Waals surface area contributed by atoms with E-state index in [9.17, 15) is 8.42 Å². The monoisotopic (exact) mass is 298 g/mol. The first-order chi connectivity index (χ1) is 9.46. The van der Waals surface area contributed by atoms with Crippen LogP contribution in [0.3, 0.4) is 0 Å². The summed E-state index contributed by atoms with van der Waals surface area (Å²) in [7, 11) is -3.72. The van der Waals surface area contributed by atoms with E-state index < -0.39 is 10.2 Å². The van der Waals surface area contributed by atoms with Crippen LogP contribution in [0, 0.1) is 0 Å². The van der Waals surface area contributed by atoms with Crippen LogP contribution in [0.25, 0.3) is 0 Å². The second-order valence-electron chi connectivity index (χ2n) is 5.08. The van der Waals surface area contributed by atoms with Crippen molar-refractivity contribution in [2.75, 3.05) is 29.7 Å². The van der Waals surface area contributed by atoms with Gasteiger partial charge in [0.1, 0.15) is 0 Å². The molecule has 4 N–H and O–H groups in total. The van der Waals surface area contributed by atoms with Crippen molar-refractivity contribution in [2.45, 2.75) is 25.8 Å². The molecule has 1 aliphatic rings. The summed E-state index contributed by atoms with van der Waals surface area (Å²) in [6.45, 7) is 5.48. The summed E-state index contributed by atoms with van der Waals surface area (Å²) in [5, 5.41) is 8.42. The fourth-order valence-corrected chi connectivity index (χ4v) is 2.92. The summed E-state index contributed by atoms with van der Waals surface area (Å²) in [5.74, 6) is 0. The molecule has 1 aromatic carbocycles. The summed E-state index contributed by atoms with van der Waals surface area (Å²) in [6, 6.07) is 7.60. The molecule has 7 heteroatoms. The van der Waals surface area contributed by atoms with Crippen molar-refractivity contribution in [2.24, 2.45) is 5.14 Å². The van der Waals surface area contributed by atoms with Gasteiger partial charge in [0, 0.05) is 24.8 Å². The molecule has 1 heterocycles. The summed E-state index contributed by atoms with van der Waals surface area (Å²) < 4.78 is 24.3. The predicted octanol–water partition coefficient (Wildman–Crippen LogP) is 1.20. The highest BCUT2D eigenvalue weighted by Crippen LogP contribution is 2.20. The normalized spacial score (nSPS) is 17.9. The van der Waals surface area contributed by atoms with E-state index in [2.05, 4.69) is 21.9 Å². The van der Waals surface area contributed by atoms with E-state index in [1.54, 1.807) is 18.2 Å². The molecule has 1 fully saturated rings. The molecule has 20 heavy (non-hydrogen) atoms. The Balaban J connectivity index is 1.95. The van der Waals surface area contributed by atoms with Gasteiger partial charge in [-0.3, -0.25) is 4.72 Å². The van der Waals surface area contributed by atoms with Crippen LogP contribution in [-0.2, 0) is 10.2 Å². The van der Waals surface area contributed by atoms with E-state index in [0.717, 1.165) is 38.2 Å². The minimum atomic E-state index is -3.72. The van der Waals surface area contributed by atoms with Crippen molar-refractivity contribution in [1.82, 2.24) is 4.90 Å². The molecule has 0 aromatic heterocycles. The Morgan fingerprint density at radius 2 is 1.95 bits per heavy atom. The molecule has 2 rings (SSSR count). The number of likely N-dealkylation sites (tertiary alicyclic amines) is 1. The molecule has 0 radical (unpaired) electrons. The van der Waals surface area contributed by atoms with Gasteiger partial charge in [0.2, 0.25) is 0 Å². The predicted molar refractivity (Wildman–Crippen MR) is 81.9 cm³/mol. The maximum absolute atomic E-state index is 11.0. The van der Waals surface area contributed by atoms with E-state index >= 15 is 0 Å². The highest BCUT2D eigenvalue weighted by molar-refractivity contribution is 7.90. The first-order valence-electron chi connectivity index (χ1n) is 6.86. The van der Waals surface area contributed by atoms with Crippen molar-refractivity contribution in [3.8, 4) is 0 Å². The van der Waals surface area contributed by atoms with Gasteiger partial charge in [0.15, 0.2) is 0 Å². The molecule has 1 aromatic rings. The Hall–Kier alpha value is -1.31. The molecule has 6 nitrogen and oxygen atoms in total. The van der Waals surface area contributed by atoms with Crippen LogP contribution in [0.1, 0.15) is 19.8 Å². The van der Waals surface area contributed by atoms with Crippen molar-refractivity contribution in [3.05, 3.63) is 24.3 Å². The molecule has 0 unspecified atom stereocenters. The molecule has 0 saturated carbocycles. The zero-order chi connectivity index (χ0) is 14.6. The largest absolute Gasteiger partial charge is 0.382 e. The Kier molecular flexibility index (Phi) is 4.85. The number of benzene rings is 1. The Bertz CT molecular complexity index is 539. The van der Waals surface area contributed by atoms with Crippen molar-refractivity contribution in [3.63, 3.8) is 0 Å². The smallest absolute Gasteiger partial charge is 0.296 e. The number of rotatable bonds is 5. The highest BCUT2D eigenvalue weighted by Gasteiger charge is 2.17. The second kappa shape index (κ2) is 6.43. The average Bonchev–Trinajstić information content (AvgIpc) is 2.38. The van der Waals surface area contributed by atoms with E-state index in [0.29, 0.717) is 11.7 Å². The molecule has 0 atom stereocenters. The zero-order valence-electron chi connectivity index (χ0n) is 11.7. The number of nitrogens with two attached hydrogens (primary N) is 1. The van der Waals surface area contributed by atoms with E-state index in [4.69, 9.17) is 5.14 Å². The van der Waals surface area contributed by atoms with Gasteiger partial charge >= 0.3 is 0 Å². The fourth-order valence-electron chi connectivity index (χ4n) is 2.47. The van der Waals surface area contributed by atoms with Gasteiger partial charge in [-0.2, -0.15) is 8.42 Å². The topological polar surface area (TPSA) is 87.5 Å². The number of nitrogens with one attached hydrogen (secondary N) is 2. The third-order valence-electron chi connectivity index (χ3n) is 3.53. The Labute approximate surface area is 120 Å². The van der Waals surface area contributed by atoms with Crippen molar-refractivity contribution >= 4 is 21.6 Å². The van der Waals surface area contributed by atoms with Crippen LogP contribution in [0.5, 0.6) is 0 Å². The Morgan fingerprint density at radius 1 is 1.30 bits per heavy atom. The lowest BCUT2D eigenvalue weighted by Crippen LogP contribution is -2.38. The standard InChI is InChI=1S/C13H22N4O2S/c1-2-17-8-6-11(7-9-17)15-12-4-3-5-13(10-12)16-20(14,18)19/h3-5,10-11,15-16H,2,6-9H2,1H3,(H2,14,18,19). The third-order valence-corrected chi connectivity index (χ3v) is 4.05. The van der Waals surface area contributed by atoms with E-state index in [-0.39, 0.29) is 0 Å². The molecule has 0 bridgehead atoms. The minimum absolute atomic E-state index is 0.433. The first-order valence-corrected chi connectivity index (χ1v) is 8.40. The number of anilines is 2. The fraction of sp³-hybridized carbons (Fsp3) is 0.538. The molecular weight excluding hydrogens is 276 g/mol. The lowest BCUT2D eigenvalue weighted by molar-refractivity contribution is 0.229. The van der Waals surface area contributed by atoms with Gasteiger partial charge in [-0.25, -0.2) is 5.14 Å². The van der Waals surface area contributed by atoms with Gasteiger partial charge in [0.25, 0.3) is 10.2 Å². The highest BCUT2D eigenvalue weighted by atomic mass is 32.2. The minimum Gasteiger partial charge on any atom is -0.382 e. The summed E-state index contributed by atoms with van der Waals surface area (Å²) >= 11 is 0. The molecule has 0 spiro atoms. The van der Waals surface area contributed by atoms with Crippen molar-refractivity contribution < 1.29 is 8.42 Å².